The van der Waals surface area contributed by atoms with Gasteiger partial charge in [-0.3, -0.25) is 4.79 Å². The van der Waals surface area contributed by atoms with Gasteiger partial charge in [-0.05, 0) is 12.2 Å². The van der Waals surface area contributed by atoms with Crippen LogP contribution in [0.3, 0.4) is 0 Å². The summed E-state index contributed by atoms with van der Waals surface area (Å²) in [5.41, 5.74) is 7.12. The molecule has 2 aromatic carbocycles. The van der Waals surface area contributed by atoms with Crippen LogP contribution >= 0.6 is 0 Å². The van der Waals surface area contributed by atoms with Crippen LogP contribution in [-0.2, 0) is 0 Å². The van der Waals surface area contributed by atoms with Crippen molar-refractivity contribution >= 4 is 17.5 Å². The molecule has 7 nitrogen and oxygen atoms in total. The van der Waals surface area contributed by atoms with E-state index in [1.54, 1.807) is 37.5 Å². The Bertz CT molecular complexity index is 810. The standard InChI is InChI=1S/C20H23NO6/c1-23-13-10-16(24-2)14(17(11-13)25-3)6-7-15(22)20-18(26-4)8-12(21)9-19(20)27-5/h6-11H,21H2,1-5H3/b7-6+. The lowest BCUT2D eigenvalue weighted by Gasteiger charge is -2.13. The van der Waals surface area contributed by atoms with Crippen LogP contribution in [0.4, 0.5) is 5.69 Å². The Hall–Kier alpha value is -3.35. The third-order valence-electron chi connectivity index (χ3n) is 3.93. The second kappa shape index (κ2) is 8.84. The number of rotatable bonds is 8. The first-order chi connectivity index (χ1) is 13.0. The Kier molecular flexibility index (Phi) is 6.54. The molecule has 0 bridgehead atoms. The number of allylic oxidation sites excluding steroid dienone is 1. The molecule has 27 heavy (non-hydrogen) atoms. The number of ketones is 1. The maximum Gasteiger partial charge on any atom is 0.193 e. The van der Waals surface area contributed by atoms with E-state index in [2.05, 4.69) is 0 Å². The number of ether oxygens (including phenoxy) is 5. The summed E-state index contributed by atoms with van der Waals surface area (Å²) < 4.78 is 26.6. The maximum absolute atomic E-state index is 12.8. The molecular formula is C20H23NO6. The van der Waals surface area contributed by atoms with Gasteiger partial charge in [0.25, 0.3) is 0 Å². The number of anilines is 1. The van der Waals surface area contributed by atoms with Crippen LogP contribution in [0.1, 0.15) is 15.9 Å². The highest BCUT2D eigenvalue weighted by Crippen LogP contribution is 2.36. The Morgan fingerprint density at radius 2 is 1.26 bits per heavy atom. The molecule has 7 heteroatoms. The molecule has 0 aliphatic heterocycles. The van der Waals surface area contributed by atoms with Crippen LogP contribution in [0.2, 0.25) is 0 Å². The lowest BCUT2D eigenvalue weighted by atomic mass is 10.0. The molecule has 0 fully saturated rings. The zero-order chi connectivity index (χ0) is 20.0. The fraction of sp³-hybridized carbons (Fsp3) is 0.250. The third kappa shape index (κ3) is 4.25. The number of hydrogen-bond acceptors (Lipinski definition) is 7. The Morgan fingerprint density at radius 1 is 0.778 bits per heavy atom. The molecule has 0 aliphatic rings. The highest BCUT2D eigenvalue weighted by molar-refractivity contribution is 6.11. The second-order valence-corrected chi connectivity index (χ2v) is 5.44. The van der Waals surface area contributed by atoms with E-state index in [-0.39, 0.29) is 11.3 Å². The number of hydrogen-bond donors (Lipinski definition) is 1. The van der Waals surface area contributed by atoms with Gasteiger partial charge in [-0.2, -0.15) is 0 Å². The van der Waals surface area contributed by atoms with E-state index < -0.39 is 0 Å². The van der Waals surface area contributed by atoms with Gasteiger partial charge in [0.05, 0.1) is 41.1 Å². The number of benzene rings is 2. The Balaban J connectivity index is 2.49. The van der Waals surface area contributed by atoms with Gasteiger partial charge < -0.3 is 29.4 Å². The summed E-state index contributed by atoms with van der Waals surface area (Å²) in [6.45, 7) is 0. The Morgan fingerprint density at radius 3 is 1.67 bits per heavy atom. The zero-order valence-corrected chi connectivity index (χ0v) is 16.0. The third-order valence-corrected chi connectivity index (χ3v) is 3.93. The number of nitrogen functional groups attached to an aromatic ring is 1. The summed E-state index contributed by atoms with van der Waals surface area (Å²) in [7, 11) is 7.53. The van der Waals surface area contributed by atoms with E-state index in [1.165, 1.54) is 34.5 Å². The van der Waals surface area contributed by atoms with Gasteiger partial charge in [0.1, 0.15) is 34.3 Å². The lowest BCUT2D eigenvalue weighted by molar-refractivity contribution is 0.104. The van der Waals surface area contributed by atoms with E-state index >= 15 is 0 Å². The summed E-state index contributed by atoms with van der Waals surface area (Å²) in [4.78, 5) is 12.8. The van der Waals surface area contributed by atoms with Crippen molar-refractivity contribution in [2.45, 2.75) is 0 Å². The van der Waals surface area contributed by atoms with E-state index in [9.17, 15) is 4.79 Å². The normalized spacial score (nSPS) is 10.6. The molecule has 0 spiro atoms. The molecule has 0 saturated heterocycles. The zero-order valence-electron chi connectivity index (χ0n) is 16.0. The number of carbonyl (C=O) groups excluding carboxylic acids is 1. The van der Waals surface area contributed by atoms with E-state index in [0.717, 1.165) is 0 Å². The van der Waals surface area contributed by atoms with Gasteiger partial charge in [0.2, 0.25) is 0 Å². The summed E-state index contributed by atoms with van der Waals surface area (Å²) >= 11 is 0. The van der Waals surface area contributed by atoms with E-state index in [4.69, 9.17) is 29.4 Å². The number of carbonyl (C=O) groups is 1. The molecule has 0 heterocycles. The minimum atomic E-state index is -0.316. The molecule has 0 radical (unpaired) electrons. The molecule has 0 atom stereocenters. The van der Waals surface area contributed by atoms with E-state index in [1.807, 2.05) is 0 Å². The van der Waals surface area contributed by atoms with E-state index in [0.29, 0.717) is 40.0 Å². The van der Waals surface area contributed by atoms with Gasteiger partial charge in [-0.15, -0.1) is 0 Å². The van der Waals surface area contributed by atoms with Crippen LogP contribution in [0, 0.1) is 0 Å². The predicted octanol–water partition coefficient (Wildman–Crippen LogP) is 3.21. The summed E-state index contributed by atoms with van der Waals surface area (Å²) in [6.07, 6.45) is 3.00. The summed E-state index contributed by atoms with van der Waals surface area (Å²) in [6, 6.07) is 6.55. The van der Waals surface area contributed by atoms with Crippen molar-refractivity contribution in [1.29, 1.82) is 0 Å². The fourth-order valence-corrected chi connectivity index (χ4v) is 2.61. The smallest absolute Gasteiger partial charge is 0.193 e. The fourth-order valence-electron chi connectivity index (χ4n) is 2.61. The molecule has 2 rings (SSSR count). The monoisotopic (exact) mass is 373 g/mol. The molecule has 144 valence electrons. The highest BCUT2D eigenvalue weighted by Gasteiger charge is 2.18. The Labute approximate surface area is 158 Å². The van der Waals surface area contributed by atoms with Crippen LogP contribution in [0.15, 0.2) is 30.3 Å². The summed E-state index contributed by atoms with van der Waals surface area (Å²) in [5.74, 6) is 1.93. The molecule has 0 unspecified atom stereocenters. The SMILES string of the molecule is COc1cc(OC)c(/C=C/C(=O)c2c(OC)cc(N)cc2OC)c(OC)c1. The minimum absolute atomic E-state index is 0.275. The van der Waals surface area contributed by atoms with Crippen molar-refractivity contribution in [3.8, 4) is 28.7 Å². The minimum Gasteiger partial charge on any atom is -0.496 e. The molecule has 0 amide bonds. The summed E-state index contributed by atoms with van der Waals surface area (Å²) in [5, 5.41) is 0. The molecule has 0 aliphatic carbocycles. The molecule has 0 aromatic heterocycles. The van der Waals surface area contributed by atoms with Gasteiger partial charge >= 0.3 is 0 Å². The predicted molar refractivity (Wildman–Crippen MR) is 103 cm³/mol. The first-order valence-electron chi connectivity index (χ1n) is 8.02. The van der Waals surface area contributed by atoms with Crippen LogP contribution < -0.4 is 29.4 Å². The van der Waals surface area contributed by atoms with Gasteiger partial charge in [0.15, 0.2) is 5.78 Å². The van der Waals surface area contributed by atoms with Gasteiger partial charge in [-0.1, -0.05) is 0 Å². The topological polar surface area (TPSA) is 89.2 Å². The molecular weight excluding hydrogens is 350 g/mol. The largest absolute Gasteiger partial charge is 0.496 e. The lowest BCUT2D eigenvalue weighted by Crippen LogP contribution is -2.04. The average Bonchev–Trinajstić information content (AvgIpc) is 2.70. The van der Waals surface area contributed by atoms with Crippen molar-refractivity contribution < 1.29 is 28.5 Å². The first-order valence-corrected chi connectivity index (χ1v) is 8.02. The van der Waals surface area contributed by atoms with Crippen LogP contribution in [-0.4, -0.2) is 41.3 Å². The van der Waals surface area contributed by atoms with Crippen molar-refractivity contribution in [2.75, 3.05) is 41.3 Å². The first kappa shape index (κ1) is 20.0. The molecule has 2 N–H and O–H groups in total. The van der Waals surface area contributed by atoms with Crippen molar-refractivity contribution in [1.82, 2.24) is 0 Å². The molecule has 2 aromatic rings. The van der Waals surface area contributed by atoms with Crippen molar-refractivity contribution in [2.24, 2.45) is 0 Å². The second-order valence-electron chi connectivity index (χ2n) is 5.44. The van der Waals surface area contributed by atoms with Gasteiger partial charge in [-0.25, -0.2) is 0 Å². The maximum atomic E-state index is 12.8. The van der Waals surface area contributed by atoms with Gasteiger partial charge in [0, 0.05) is 30.0 Å². The quantitative estimate of drug-likeness (QED) is 0.432. The van der Waals surface area contributed by atoms with Crippen LogP contribution in [0.25, 0.3) is 6.08 Å². The number of nitrogens with two attached hydrogens (primary N) is 1. The molecule has 0 saturated carbocycles. The van der Waals surface area contributed by atoms with Crippen molar-refractivity contribution in [3.05, 3.63) is 41.5 Å². The highest BCUT2D eigenvalue weighted by atomic mass is 16.5. The van der Waals surface area contributed by atoms with Crippen molar-refractivity contribution in [3.63, 3.8) is 0 Å². The van der Waals surface area contributed by atoms with Crippen LogP contribution in [0.5, 0.6) is 28.7 Å². The number of methoxy groups -OCH3 is 5. The average molecular weight is 373 g/mol.